The van der Waals surface area contributed by atoms with Gasteiger partial charge in [0.05, 0.1) is 19.8 Å². The highest BCUT2D eigenvalue weighted by molar-refractivity contribution is 5.76. The molecule has 0 heterocycles. The maximum absolute atomic E-state index is 11.4. The van der Waals surface area contributed by atoms with Gasteiger partial charge in [-0.25, -0.2) is 0 Å². The summed E-state index contributed by atoms with van der Waals surface area (Å²) in [5, 5.41) is 11.2. The van der Waals surface area contributed by atoms with Gasteiger partial charge < -0.3 is 20.9 Å². The van der Waals surface area contributed by atoms with Crippen molar-refractivity contribution >= 4 is 5.91 Å². The SMILES string of the molecule is CC(C)(C)C(N)CC(=O)NCCOCCO. The third-order valence-corrected chi connectivity index (χ3v) is 2.32. The predicted octanol–water partition coefficient (Wildman–Crippen LogP) is -0.125. The van der Waals surface area contributed by atoms with Crippen molar-refractivity contribution < 1.29 is 14.6 Å². The van der Waals surface area contributed by atoms with Gasteiger partial charge in [-0.3, -0.25) is 4.79 Å². The van der Waals surface area contributed by atoms with Crippen LogP contribution in [0.3, 0.4) is 0 Å². The molecule has 0 saturated heterocycles. The van der Waals surface area contributed by atoms with Crippen LogP contribution >= 0.6 is 0 Å². The highest BCUT2D eigenvalue weighted by Crippen LogP contribution is 2.19. The fraction of sp³-hybridized carbons (Fsp3) is 0.909. The van der Waals surface area contributed by atoms with Crippen molar-refractivity contribution in [2.45, 2.75) is 33.2 Å². The number of carbonyl (C=O) groups excluding carboxylic acids is 1. The van der Waals surface area contributed by atoms with Crippen LogP contribution in [-0.2, 0) is 9.53 Å². The van der Waals surface area contributed by atoms with Gasteiger partial charge in [-0.1, -0.05) is 20.8 Å². The number of amides is 1. The number of ether oxygens (including phenoxy) is 1. The lowest BCUT2D eigenvalue weighted by molar-refractivity contribution is -0.122. The number of carbonyl (C=O) groups is 1. The molecule has 1 amide bonds. The molecule has 0 aromatic carbocycles. The summed E-state index contributed by atoms with van der Waals surface area (Å²) in [5.41, 5.74) is 5.81. The van der Waals surface area contributed by atoms with E-state index in [0.29, 0.717) is 26.2 Å². The number of rotatable bonds is 7. The molecular formula is C11H24N2O3. The van der Waals surface area contributed by atoms with E-state index in [9.17, 15) is 4.79 Å². The first-order valence-electron chi connectivity index (χ1n) is 5.59. The van der Waals surface area contributed by atoms with Crippen LogP contribution in [0.4, 0.5) is 0 Å². The largest absolute Gasteiger partial charge is 0.394 e. The molecule has 0 aliphatic carbocycles. The standard InChI is InChI=1S/C11H24N2O3/c1-11(2,3)9(12)8-10(15)13-4-6-16-7-5-14/h9,14H,4-8,12H2,1-3H3,(H,13,15). The molecule has 1 atom stereocenters. The van der Waals surface area contributed by atoms with Gasteiger partial charge in [0.25, 0.3) is 0 Å². The van der Waals surface area contributed by atoms with E-state index in [4.69, 9.17) is 15.6 Å². The smallest absolute Gasteiger partial charge is 0.221 e. The molecule has 5 heteroatoms. The molecule has 5 nitrogen and oxygen atoms in total. The molecule has 0 aliphatic heterocycles. The molecule has 0 rings (SSSR count). The fourth-order valence-electron chi connectivity index (χ4n) is 1.01. The molecule has 0 aliphatic rings. The molecule has 0 spiro atoms. The highest BCUT2D eigenvalue weighted by Gasteiger charge is 2.22. The first-order chi connectivity index (χ1) is 7.38. The van der Waals surface area contributed by atoms with Crippen LogP contribution in [0.1, 0.15) is 27.2 Å². The molecule has 1 unspecified atom stereocenters. The Balaban J connectivity index is 3.59. The van der Waals surface area contributed by atoms with Crippen LogP contribution in [0.5, 0.6) is 0 Å². The van der Waals surface area contributed by atoms with Crippen molar-refractivity contribution in [3.05, 3.63) is 0 Å². The van der Waals surface area contributed by atoms with Crippen molar-refractivity contribution in [3.8, 4) is 0 Å². The number of aliphatic hydroxyl groups excluding tert-OH is 1. The monoisotopic (exact) mass is 232 g/mol. The first kappa shape index (κ1) is 15.3. The molecule has 0 aromatic heterocycles. The molecule has 0 radical (unpaired) electrons. The molecule has 0 aromatic rings. The van der Waals surface area contributed by atoms with Crippen LogP contribution in [0.25, 0.3) is 0 Å². The second-order valence-corrected chi connectivity index (χ2v) is 4.86. The number of hydrogen-bond acceptors (Lipinski definition) is 4. The van der Waals surface area contributed by atoms with E-state index in [1.165, 1.54) is 0 Å². The lowest BCUT2D eigenvalue weighted by atomic mass is 9.85. The fourth-order valence-corrected chi connectivity index (χ4v) is 1.01. The van der Waals surface area contributed by atoms with Crippen LogP contribution < -0.4 is 11.1 Å². The third kappa shape index (κ3) is 7.62. The third-order valence-electron chi connectivity index (χ3n) is 2.32. The lowest BCUT2D eigenvalue weighted by Crippen LogP contribution is -2.40. The van der Waals surface area contributed by atoms with Gasteiger partial charge in [-0.05, 0) is 5.41 Å². The zero-order valence-electron chi connectivity index (χ0n) is 10.5. The summed E-state index contributed by atoms with van der Waals surface area (Å²) < 4.78 is 5.01. The van der Waals surface area contributed by atoms with Crippen LogP contribution in [0.15, 0.2) is 0 Å². The minimum atomic E-state index is -0.147. The number of aliphatic hydroxyl groups is 1. The van der Waals surface area contributed by atoms with Gasteiger partial charge in [0, 0.05) is 19.0 Å². The zero-order valence-corrected chi connectivity index (χ0v) is 10.5. The Bertz CT molecular complexity index is 202. The van der Waals surface area contributed by atoms with E-state index in [1.54, 1.807) is 0 Å². The van der Waals surface area contributed by atoms with Crippen LogP contribution in [0.2, 0.25) is 0 Å². The van der Waals surface area contributed by atoms with Gasteiger partial charge in [0.2, 0.25) is 5.91 Å². The number of nitrogens with two attached hydrogens (primary N) is 1. The number of hydrogen-bond donors (Lipinski definition) is 3. The average molecular weight is 232 g/mol. The molecule has 0 fully saturated rings. The van der Waals surface area contributed by atoms with Gasteiger partial charge in [0.1, 0.15) is 0 Å². The maximum Gasteiger partial charge on any atom is 0.221 e. The van der Waals surface area contributed by atoms with E-state index in [-0.39, 0.29) is 24.0 Å². The Labute approximate surface area is 97.3 Å². The molecule has 4 N–H and O–H groups in total. The normalized spacial score (nSPS) is 13.6. The summed E-state index contributed by atoms with van der Waals surface area (Å²) in [6.07, 6.45) is 0.323. The summed E-state index contributed by atoms with van der Waals surface area (Å²) >= 11 is 0. The van der Waals surface area contributed by atoms with Gasteiger partial charge in [-0.2, -0.15) is 0 Å². The molecule has 16 heavy (non-hydrogen) atoms. The summed E-state index contributed by atoms with van der Waals surface area (Å²) in [6, 6.07) is -0.147. The minimum Gasteiger partial charge on any atom is -0.394 e. The quantitative estimate of drug-likeness (QED) is 0.534. The Morgan fingerprint density at radius 3 is 2.56 bits per heavy atom. The van der Waals surface area contributed by atoms with E-state index >= 15 is 0 Å². The first-order valence-corrected chi connectivity index (χ1v) is 5.59. The van der Waals surface area contributed by atoms with Crippen molar-refractivity contribution in [1.29, 1.82) is 0 Å². The number of nitrogens with one attached hydrogen (secondary N) is 1. The lowest BCUT2D eigenvalue weighted by Gasteiger charge is -2.26. The van der Waals surface area contributed by atoms with Crippen molar-refractivity contribution in [3.63, 3.8) is 0 Å². The topological polar surface area (TPSA) is 84.6 Å². The van der Waals surface area contributed by atoms with Crippen molar-refractivity contribution in [2.75, 3.05) is 26.4 Å². The van der Waals surface area contributed by atoms with Gasteiger partial charge in [0.15, 0.2) is 0 Å². The summed E-state index contributed by atoms with van der Waals surface area (Å²) in [6.45, 7) is 7.20. The Hall–Kier alpha value is -0.650. The van der Waals surface area contributed by atoms with E-state index in [0.717, 1.165) is 0 Å². The molecule has 96 valence electrons. The molecular weight excluding hydrogens is 208 g/mol. The zero-order chi connectivity index (χ0) is 12.6. The van der Waals surface area contributed by atoms with Crippen molar-refractivity contribution in [1.82, 2.24) is 5.32 Å². The van der Waals surface area contributed by atoms with Crippen LogP contribution in [0, 0.1) is 5.41 Å². The summed E-state index contributed by atoms with van der Waals surface area (Å²) in [5.74, 6) is -0.0602. The Morgan fingerprint density at radius 1 is 1.44 bits per heavy atom. The maximum atomic E-state index is 11.4. The van der Waals surface area contributed by atoms with Crippen LogP contribution in [-0.4, -0.2) is 43.4 Å². The highest BCUT2D eigenvalue weighted by atomic mass is 16.5. The van der Waals surface area contributed by atoms with E-state index in [1.807, 2.05) is 20.8 Å². The predicted molar refractivity (Wildman–Crippen MR) is 63.0 cm³/mol. The minimum absolute atomic E-state index is 0.00282. The molecule has 0 saturated carbocycles. The van der Waals surface area contributed by atoms with Gasteiger partial charge >= 0.3 is 0 Å². The van der Waals surface area contributed by atoms with Gasteiger partial charge in [-0.15, -0.1) is 0 Å². The summed E-state index contributed by atoms with van der Waals surface area (Å²) in [4.78, 5) is 11.4. The van der Waals surface area contributed by atoms with E-state index < -0.39 is 0 Å². The second-order valence-electron chi connectivity index (χ2n) is 4.86. The Kier molecular flexibility index (Phi) is 7.29. The van der Waals surface area contributed by atoms with E-state index in [2.05, 4.69) is 5.32 Å². The second kappa shape index (κ2) is 7.60. The molecule has 0 bridgehead atoms. The van der Waals surface area contributed by atoms with Crippen molar-refractivity contribution in [2.24, 2.45) is 11.1 Å². The Morgan fingerprint density at radius 2 is 2.06 bits per heavy atom. The average Bonchev–Trinajstić information content (AvgIpc) is 2.16. The summed E-state index contributed by atoms with van der Waals surface area (Å²) in [7, 11) is 0.